The molecule has 1 aromatic rings. The molecular formula is C10H11NOS. The zero-order valence-corrected chi connectivity index (χ0v) is 8.23. The number of carbonyl (C=O) groups excluding carboxylic acids is 1. The van der Waals surface area contributed by atoms with Crippen LogP contribution in [0.3, 0.4) is 0 Å². The van der Waals surface area contributed by atoms with Crippen LogP contribution < -0.4 is 5.32 Å². The molecule has 13 heavy (non-hydrogen) atoms. The maximum atomic E-state index is 11.0. The van der Waals surface area contributed by atoms with Gasteiger partial charge in [0.1, 0.15) is 5.37 Å². The fraction of sp³-hybridized carbons (Fsp3) is 0.300. The molecule has 3 heteroatoms. The second-order valence-corrected chi connectivity index (χ2v) is 4.21. The van der Waals surface area contributed by atoms with E-state index in [1.54, 1.807) is 11.8 Å². The number of rotatable bonds is 1. The van der Waals surface area contributed by atoms with E-state index in [9.17, 15) is 4.79 Å². The lowest BCUT2D eigenvalue weighted by molar-refractivity contribution is -0.118. The molecular weight excluding hydrogens is 182 g/mol. The molecule has 1 aliphatic heterocycles. The van der Waals surface area contributed by atoms with Gasteiger partial charge in [-0.15, -0.1) is 11.8 Å². The molecule has 2 rings (SSSR count). The highest BCUT2D eigenvalue weighted by Gasteiger charge is 2.23. The van der Waals surface area contributed by atoms with Gasteiger partial charge in [0.15, 0.2) is 0 Å². The highest BCUT2D eigenvalue weighted by molar-refractivity contribution is 8.00. The van der Waals surface area contributed by atoms with Gasteiger partial charge in [-0.1, -0.05) is 24.3 Å². The Bertz CT molecular complexity index is 337. The summed E-state index contributed by atoms with van der Waals surface area (Å²) in [4.78, 5) is 11.0. The van der Waals surface area contributed by atoms with E-state index in [1.165, 1.54) is 11.1 Å². The summed E-state index contributed by atoms with van der Waals surface area (Å²) in [6.45, 7) is 2.07. The Balaban J connectivity index is 2.26. The van der Waals surface area contributed by atoms with Crippen LogP contribution >= 0.6 is 11.8 Å². The minimum absolute atomic E-state index is 0.137. The van der Waals surface area contributed by atoms with E-state index in [1.807, 2.05) is 12.1 Å². The van der Waals surface area contributed by atoms with Crippen molar-refractivity contribution in [3.8, 4) is 0 Å². The van der Waals surface area contributed by atoms with Crippen LogP contribution in [0.2, 0.25) is 0 Å². The van der Waals surface area contributed by atoms with Crippen molar-refractivity contribution in [2.45, 2.75) is 12.3 Å². The molecule has 1 saturated heterocycles. The first kappa shape index (κ1) is 8.63. The molecule has 0 saturated carbocycles. The number of thioether (sulfide) groups is 1. The lowest BCUT2D eigenvalue weighted by atomic mass is 10.1. The quantitative estimate of drug-likeness (QED) is 0.737. The van der Waals surface area contributed by atoms with E-state index in [-0.39, 0.29) is 11.3 Å². The van der Waals surface area contributed by atoms with Gasteiger partial charge < -0.3 is 5.32 Å². The molecule has 1 fully saturated rings. The third-order valence-electron chi connectivity index (χ3n) is 2.14. The number of hydrogen-bond donors (Lipinski definition) is 1. The van der Waals surface area contributed by atoms with Gasteiger partial charge >= 0.3 is 0 Å². The van der Waals surface area contributed by atoms with Crippen LogP contribution in [0, 0.1) is 6.92 Å². The van der Waals surface area contributed by atoms with Gasteiger partial charge in [-0.3, -0.25) is 4.79 Å². The molecule has 1 N–H and O–H groups in total. The van der Waals surface area contributed by atoms with Crippen LogP contribution in [0.5, 0.6) is 0 Å². The van der Waals surface area contributed by atoms with Crippen molar-refractivity contribution < 1.29 is 4.79 Å². The van der Waals surface area contributed by atoms with Crippen molar-refractivity contribution >= 4 is 17.7 Å². The van der Waals surface area contributed by atoms with E-state index in [0.29, 0.717) is 5.75 Å². The average Bonchev–Trinajstić information content (AvgIpc) is 2.53. The molecule has 68 valence electrons. The Hall–Kier alpha value is -0.960. The minimum atomic E-state index is 0.137. The molecule has 1 aliphatic rings. The highest BCUT2D eigenvalue weighted by atomic mass is 32.2. The predicted molar refractivity (Wildman–Crippen MR) is 54.5 cm³/mol. The maximum absolute atomic E-state index is 11.0. The van der Waals surface area contributed by atoms with Gasteiger partial charge in [-0.25, -0.2) is 0 Å². The minimum Gasteiger partial charge on any atom is -0.339 e. The largest absolute Gasteiger partial charge is 0.339 e. The summed E-state index contributed by atoms with van der Waals surface area (Å²) in [7, 11) is 0. The van der Waals surface area contributed by atoms with E-state index in [0.717, 1.165) is 0 Å². The van der Waals surface area contributed by atoms with Crippen molar-refractivity contribution in [3.05, 3.63) is 35.4 Å². The third-order valence-corrected chi connectivity index (χ3v) is 3.28. The number of benzene rings is 1. The van der Waals surface area contributed by atoms with E-state index < -0.39 is 0 Å². The Morgan fingerprint density at radius 2 is 2.23 bits per heavy atom. The average molecular weight is 193 g/mol. The molecule has 0 aromatic heterocycles. The summed E-state index contributed by atoms with van der Waals surface area (Å²) >= 11 is 1.66. The lowest BCUT2D eigenvalue weighted by Crippen LogP contribution is -2.19. The Morgan fingerprint density at radius 3 is 2.85 bits per heavy atom. The number of amides is 1. The van der Waals surface area contributed by atoms with Gasteiger partial charge in [0.2, 0.25) is 5.91 Å². The van der Waals surface area contributed by atoms with Crippen LogP contribution in [-0.4, -0.2) is 11.7 Å². The van der Waals surface area contributed by atoms with Gasteiger partial charge in [0, 0.05) is 0 Å². The smallest absolute Gasteiger partial charge is 0.231 e. The summed E-state index contributed by atoms with van der Waals surface area (Å²) in [6, 6.07) is 8.16. The van der Waals surface area contributed by atoms with Gasteiger partial charge in [0.05, 0.1) is 5.75 Å². The lowest BCUT2D eigenvalue weighted by Gasteiger charge is -2.11. The molecule has 1 aromatic carbocycles. The number of hydrogen-bond acceptors (Lipinski definition) is 2. The molecule has 0 radical (unpaired) electrons. The molecule has 1 heterocycles. The number of aryl methyl sites for hydroxylation is 1. The molecule has 1 atom stereocenters. The fourth-order valence-electron chi connectivity index (χ4n) is 1.44. The maximum Gasteiger partial charge on any atom is 0.231 e. The SMILES string of the molecule is Cc1ccccc1C1NC(=O)CS1. The molecule has 0 spiro atoms. The highest BCUT2D eigenvalue weighted by Crippen LogP contribution is 2.31. The van der Waals surface area contributed by atoms with Crippen LogP contribution in [-0.2, 0) is 4.79 Å². The first-order valence-electron chi connectivity index (χ1n) is 4.24. The second-order valence-electron chi connectivity index (χ2n) is 3.12. The summed E-state index contributed by atoms with van der Waals surface area (Å²) in [6.07, 6.45) is 0. The Kier molecular flexibility index (Phi) is 2.27. The molecule has 0 bridgehead atoms. The predicted octanol–water partition coefficient (Wildman–Crippen LogP) is 1.86. The van der Waals surface area contributed by atoms with E-state index in [2.05, 4.69) is 24.4 Å². The topological polar surface area (TPSA) is 29.1 Å². The summed E-state index contributed by atoms with van der Waals surface area (Å²) < 4.78 is 0. The van der Waals surface area contributed by atoms with Crippen LogP contribution in [0.1, 0.15) is 16.5 Å². The third kappa shape index (κ3) is 1.70. The summed E-state index contributed by atoms with van der Waals surface area (Å²) in [5.74, 6) is 0.720. The molecule has 0 aliphatic carbocycles. The molecule has 1 amide bonds. The Morgan fingerprint density at radius 1 is 1.46 bits per heavy atom. The second kappa shape index (κ2) is 3.42. The molecule has 2 nitrogen and oxygen atoms in total. The first-order valence-corrected chi connectivity index (χ1v) is 5.29. The van der Waals surface area contributed by atoms with Crippen LogP contribution in [0.15, 0.2) is 24.3 Å². The van der Waals surface area contributed by atoms with E-state index >= 15 is 0 Å². The summed E-state index contributed by atoms with van der Waals surface area (Å²) in [5.41, 5.74) is 2.46. The fourth-order valence-corrected chi connectivity index (χ4v) is 2.50. The standard InChI is InChI=1S/C10H11NOS/c1-7-4-2-3-5-8(7)10-11-9(12)6-13-10/h2-5,10H,6H2,1H3,(H,11,12). The van der Waals surface area contributed by atoms with Crippen molar-refractivity contribution in [1.82, 2.24) is 5.32 Å². The van der Waals surface area contributed by atoms with Crippen molar-refractivity contribution in [2.24, 2.45) is 0 Å². The van der Waals surface area contributed by atoms with Gasteiger partial charge in [0.25, 0.3) is 0 Å². The summed E-state index contributed by atoms with van der Waals surface area (Å²) in [5, 5.41) is 3.10. The number of nitrogens with one attached hydrogen (secondary N) is 1. The normalized spacial score (nSPS) is 21.6. The zero-order chi connectivity index (χ0) is 9.26. The van der Waals surface area contributed by atoms with Crippen molar-refractivity contribution in [1.29, 1.82) is 0 Å². The van der Waals surface area contributed by atoms with E-state index in [4.69, 9.17) is 0 Å². The number of carbonyl (C=O) groups is 1. The first-order chi connectivity index (χ1) is 6.27. The van der Waals surface area contributed by atoms with Crippen molar-refractivity contribution in [3.63, 3.8) is 0 Å². The van der Waals surface area contributed by atoms with Gasteiger partial charge in [-0.2, -0.15) is 0 Å². The zero-order valence-electron chi connectivity index (χ0n) is 7.41. The van der Waals surface area contributed by atoms with Gasteiger partial charge in [-0.05, 0) is 18.1 Å². The van der Waals surface area contributed by atoms with Crippen LogP contribution in [0.25, 0.3) is 0 Å². The van der Waals surface area contributed by atoms with Crippen LogP contribution in [0.4, 0.5) is 0 Å². The van der Waals surface area contributed by atoms with Crippen molar-refractivity contribution in [2.75, 3.05) is 5.75 Å². The monoisotopic (exact) mass is 193 g/mol. The Labute approximate surface area is 81.7 Å². The molecule has 1 unspecified atom stereocenters.